The van der Waals surface area contributed by atoms with E-state index < -0.39 is 8.07 Å². The van der Waals surface area contributed by atoms with Gasteiger partial charge in [-0.3, -0.25) is 0 Å². The molecule has 2 nitrogen and oxygen atoms in total. The SMILES string of the molecule is C[Si](C)(C)C#Cc1ccc(NC2(C#N)CCCC2)cc1. The summed E-state index contributed by atoms with van der Waals surface area (Å²) in [5.74, 6) is 3.25. The lowest BCUT2D eigenvalue weighted by Crippen LogP contribution is -2.32. The van der Waals surface area contributed by atoms with Crippen LogP contribution in [0.3, 0.4) is 0 Å². The minimum absolute atomic E-state index is 0.356. The first-order valence-corrected chi connectivity index (χ1v) is 10.8. The molecule has 0 amide bonds. The smallest absolute Gasteiger partial charge is 0.129 e. The monoisotopic (exact) mass is 282 g/mol. The molecule has 0 heterocycles. The predicted molar refractivity (Wildman–Crippen MR) is 87.1 cm³/mol. The summed E-state index contributed by atoms with van der Waals surface area (Å²) in [6, 6.07) is 10.6. The zero-order chi connectivity index (χ0) is 14.6. The van der Waals surface area contributed by atoms with Crippen molar-refractivity contribution in [3.05, 3.63) is 29.8 Å². The number of nitrogens with one attached hydrogen (secondary N) is 1. The Morgan fingerprint density at radius 1 is 1.10 bits per heavy atom. The molecular formula is C17H22N2Si. The van der Waals surface area contributed by atoms with Crippen LogP contribution in [0.25, 0.3) is 0 Å². The molecule has 0 unspecified atom stereocenters. The second-order valence-electron chi connectivity index (χ2n) is 6.60. The summed E-state index contributed by atoms with van der Waals surface area (Å²) in [4.78, 5) is 0. The Kier molecular flexibility index (Phi) is 4.21. The van der Waals surface area contributed by atoms with Crippen molar-refractivity contribution in [2.75, 3.05) is 5.32 Å². The molecular weight excluding hydrogens is 260 g/mol. The number of rotatable bonds is 2. The van der Waals surface area contributed by atoms with Gasteiger partial charge in [0.2, 0.25) is 0 Å². The first-order valence-electron chi connectivity index (χ1n) is 7.25. The van der Waals surface area contributed by atoms with Crippen LogP contribution in [-0.2, 0) is 0 Å². The van der Waals surface area contributed by atoms with Crippen LogP contribution in [0.2, 0.25) is 19.6 Å². The van der Waals surface area contributed by atoms with Gasteiger partial charge in [0.05, 0.1) is 6.07 Å². The molecule has 1 aliphatic rings. The fourth-order valence-electron chi connectivity index (χ4n) is 2.42. The Morgan fingerprint density at radius 3 is 2.20 bits per heavy atom. The second-order valence-corrected chi connectivity index (χ2v) is 11.4. The van der Waals surface area contributed by atoms with Gasteiger partial charge in [0.15, 0.2) is 0 Å². The highest BCUT2D eigenvalue weighted by molar-refractivity contribution is 6.83. The molecule has 0 bridgehead atoms. The molecule has 0 radical (unpaired) electrons. The summed E-state index contributed by atoms with van der Waals surface area (Å²) >= 11 is 0. The molecule has 104 valence electrons. The largest absolute Gasteiger partial charge is 0.367 e. The zero-order valence-electron chi connectivity index (χ0n) is 12.6. The van der Waals surface area contributed by atoms with Crippen LogP contribution in [-0.4, -0.2) is 13.6 Å². The number of nitriles is 1. The van der Waals surface area contributed by atoms with E-state index in [-0.39, 0.29) is 5.54 Å². The molecule has 1 aliphatic carbocycles. The third-order valence-electron chi connectivity index (χ3n) is 3.52. The van der Waals surface area contributed by atoms with Crippen LogP contribution in [0.4, 0.5) is 5.69 Å². The Balaban J connectivity index is 2.09. The van der Waals surface area contributed by atoms with Crippen molar-refractivity contribution in [3.63, 3.8) is 0 Å². The van der Waals surface area contributed by atoms with Gasteiger partial charge in [-0.25, -0.2) is 0 Å². The first-order chi connectivity index (χ1) is 9.42. The molecule has 0 saturated heterocycles. The maximum Gasteiger partial charge on any atom is 0.129 e. The van der Waals surface area contributed by atoms with Gasteiger partial charge in [-0.15, -0.1) is 5.54 Å². The maximum absolute atomic E-state index is 9.38. The highest BCUT2D eigenvalue weighted by atomic mass is 28.3. The number of anilines is 1. The molecule has 0 aromatic heterocycles. The Labute approximate surface area is 123 Å². The van der Waals surface area contributed by atoms with Crippen molar-refractivity contribution in [2.45, 2.75) is 50.9 Å². The first kappa shape index (κ1) is 14.7. The van der Waals surface area contributed by atoms with E-state index in [0.29, 0.717) is 0 Å². The van der Waals surface area contributed by atoms with Gasteiger partial charge < -0.3 is 5.32 Å². The summed E-state index contributed by atoms with van der Waals surface area (Å²) in [5.41, 5.74) is 5.08. The van der Waals surface area contributed by atoms with Gasteiger partial charge in [-0.05, 0) is 49.9 Å². The number of benzene rings is 1. The fraction of sp³-hybridized carbons (Fsp3) is 0.471. The van der Waals surface area contributed by atoms with E-state index in [2.05, 4.69) is 42.5 Å². The van der Waals surface area contributed by atoms with E-state index in [4.69, 9.17) is 0 Å². The van der Waals surface area contributed by atoms with Crippen molar-refractivity contribution >= 4 is 13.8 Å². The summed E-state index contributed by atoms with van der Waals surface area (Å²) in [5, 5.41) is 12.8. The van der Waals surface area contributed by atoms with Gasteiger partial charge in [0, 0.05) is 11.3 Å². The summed E-state index contributed by atoms with van der Waals surface area (Å²) in [7, 11) is -1.32. The second kappa shape index (κ2) is 5.73. The van der Waals surface area contributed by atoms with Crippen molar-refractivity contribution in [1.82, 2.24) is 0 Å². The molecule has 1 aromatic rings. The van der Waals surface area contributed by atoms with E-state index in [1.165, 1.54) is 0 Å². The molecule has 1 saturated carbocycles. The van der Waals surface area contributed by atoms with Crippen LogP contribution in [0.1, 0.15) is 31.2 Å². The molecule has 1 fully saturated rings. The van der Waals surface area contributed by atoms with Gasteiger partial charge >= 0.3 is 0 Å². The zero-order valence-corrected chi connectivity index (χ0v) is 13.6. The quantitative estimate of drug-likeness (QED) is 0.653. The van der Waals surface area contributed by atoms with Crippen LogP contribution < -0.4 is 5.32 Å². The number of hydrogen-bond donors (Lipinski definition) is 1. The van der Waals surface area contributed by atoms with Gasteiger partial charge in [0.1, 0.15) is 13.6 Å². The van der Waals surface area contributed by atoms with E-state index >= 15 is 0 Å². The van der Waals surface area contributed by atoms with Gasteiger partial charge in [0.25, 0.3) is 0 Å². The fourth-order valence-corrected chi connectivity index (χ4v) is 2.94. The van der Waals surface area contributed by atoms with E-state index in [0.717, 1.165) is 36.9 Å². The Morgan fingerprint density at radius 2 is 1.70 bits per heavy atom. The standard InChI is InChI=1S/C17H22N2Si/c1-20(2,3)13-10-15-6-8-16(9-7-15)19-17(14-18)11-4-5-12-17/h6-9,19H,4-5,11-12H2,1-3H3. The minimum atomic E-state index is -1.32. The molecule has 0 atom stereocenters. The third kappa shape index (κ3) is 3.89. The topological polar surface area (TPSA) is 35.8 Å². The average molecular weight is 282 g/mol. The van der Waals surface area contributed by atoms with Crippen molar-refractivity contribution in [1.29, 1.82) is 5.26 Å². The number of nitrogens with zero attached hydrogens (tertiary/aromatic N) is 1. The molecule has 20 heavy (non-hydrogen) atoms. The van der Waals surface area contributed by atoms with Crippen molar-refractivity contribution in [3.8, 4) is 17.5 Å². The molecule has 0 aliphatic heterocycles. The maximum atomic E-state index is 9.38. The number of hydrogen-bond acceptors (Lipinski definition) is 2. The molecule has 1 N–H and O–H groups in total. The summed E-state index contributed by atoms with van der Waals surface area (Å²) in [6.07, 6.45) is 4.17. The van der Waals surface area contributed by atoms with Gasteiger partial charge in [-0.1, -0.05) is 25.6 Å². The molecule has 0 spiro atoms. The van der Waals surface area contributed by atoms with Crippen LogP contribution in [0.5, 0.6) is 0 Å². The van der Waals surface area contributed by atoms with Crippen molar-refractivity contribution < 1.29 is 0 Å². The minimum Gasteiger partial charge on any atom is -0.367 e. The third-order valence-corrected chi connectivity index (χ3v) is 4.40. The van der Waals surface area contributed by atoms with Crippen LogP contribution in [0, 0.1) is 22.8 Å². The average Bonchev–Trinajstić information content (AvgIpc) is 2.86. The van der Waals surface area contributed by atoms with E-state index in [9.17, 15) is 5.26 Å². The molecule has 3 heteroatoms. The lowest BCUT2D eigenvalue weighted by molar-refractivity contribution is 0.613. The highest BCUT2D eigenvalue weighted by Gasteiger charge is 2.33. The van der Waals surface area contributed by atoms with Crippen molar-refractivity contribution in [2.24, 2.45) is 0 Å². The highest BCUT2D eigenvalue weighted by Crippen LogP contribution is 2.32. The van der Waals surface area contributed by atoms with Crippen LogP contribution >= 0.6 is 0 Å². The molecule has 1 aromatic carbocycles. The normalized spacial score (nSPS) is 16.9. The predicted octanol–water partition coefficient (Wildman–Crippen LogP) is 4.16. The Hall–Kier alpha value is -1.71. The van der Waals surface area contributed by atoms with E-state index in [1.54, 1.807) is 0 Å². The molecule has 2 rings (SSSR count). The summed E-state index contributed by atoms with van der Waals surface area (Å²) < 4.78 is 0. The summed E-state index contributed by atoms with van der Waals surface area (Å²) in [6.45, 7) is 6.73. The lowest BCUT2D eigenvalue weighted by Gasteiger charge is -2.23. The lowest BCUT2D eigenvalue weighted by atomic mass is 9.99. The Bertz CT molecular complexity index is 558. The van der Waals surface area contributed by atoms with Crippen LogP contribution in [0.15, 0.2) is 24.3 Å². The van der Waals surface area contributed by atoms with E-state index in [1.807, 2.05) is 24.3 Å². The van der Waals surface area contributed by atoms with Gasteiger partial charge in [-0.2, -0.15) is 5.26 Å².